The van der Waals surface area contributed by atoms with Gasteiger partial charge in [-0.3, -0.25) is 14.3 Å². The van der Waals surface area contributed by atoms with Crippen molar-refractivity contribution in [1.82, 2.24) is 9.55 Å². The van der Waals surface area contributed by atoms with Crippen LogP contribution in [-0.2, 0) is 4.74 Å². The number of aliphatic hydroxyl groups is 2. The maximum absolute atomic E-state index is 11.5. The SMILES string of the molecule is O=c1[nH]c(=O)n([C@@H]2C[C@H](O)[C@H](CO)O2)cc1Br. The highest BCUT2D eigenvalue weighted by molar-refractivity contribution is 9.10. The Morgan fingerprint density at radius 1 is 1.59 bits per heavy atom. The van der Waals surface area contributed by atoms with Gasteiger partial charge in [0.25, 0.3) is 5.56 Å². The molecule has 1 aromatic heterocycles. The maximum atomic E-state index is 11.5. The third-order valence-electron chi connectivity index (χ3n) is 2.62. The van der Waals surface area contributed by atoms with Crippen LogP contribution in [0.1, 0.15) is 12.6 Å². The number of ether oxygens (including phenoxy) is 1. The molecule has 1 saturated heterocycles. The smallest absolute Gasteiger partial charge is 0.330 e. The number of aromatic nitrogens is 2. The Kier molecular flexibility index (Phi) is 3.48. The molecule has 0 bridgehead atoms. The normalized spacial score (nSPS) is 28.5. The molecule has 1 aromatic rings. The Balaban J connectivity index is 2.34. The van der Waals surface area contributed by atoms with Gasteiger partial charge < -0.3 is 14.9 Å². The molecule has 1 aliphatic heterocycles. The second-order valence-corrected chi connectivity index (χ2v) is 4.61. The first kappa shape index (κ1) is 12.5. The molecule has 0 aliphatic carbocycles. The monoisotopic (exact) mass is 306 g/mol. The molecule has 0 saturated carbocycles. The predicted octanol–water partition coefficient (Wildman–Crippen LogP) is -1.06. The summed E-state index contributed by atoms with van der Waals surface area (Å²) in [7, 11) is 0. The third kappa shape index (κ3) is 2.34. The highest BCUT2D eigenvalue weighted by atomic mass is 79.9. The summed E-state index contributed by atoms with van der Waals surface area (Å²) >= 11 is 3.00. The van der Waals surface area contributed by atoms with E-state index in [-0.39, 0.29) is 17.5 Å². The molecule has 3 atom stereocenters. The highest BCUT2D eigenvalue weighted by Crippen LogP contribution is 2.27. The highest BCUT2D eigenvalue weighted by Gasteiger charge is 2.35. The first-order valence-corrected chi connectivity index (χ1v) is 5.77. The predicted molar refractivity (Wildman–Crippen MR) is 60.6 cm³/mol. The molecule has 7 nitrogen and oxygen atoms in total. The van der Waals surface area contributed by atoms with E-state index in [4.69, 9.17) is 9.84 Å². The fourth-order valence-electron chi connectivity index (χ4n) is 1.72. The van der Waals surface area contributed by atoms with E-state index in [0.29, 0.717) is 0 Å². The van der Waals surface area contributed by atoms with Gasteiger partial charge in [-0.1, -0.05) is 0 Å². The van der Waals surface area contributed by atoms with Gasteiger partial charge in [0.15, 0.2) is 0 Å². The van der Waals surface area contributed by atoms with Crippen LogP contribution in [0.2, 0.25) is 0 Å². The van der Waals surface area contributed by atoms with Crippen molar-refractivity contribution in [3.63, 3.8) is 0 Å². The Labute approximate surface area is 104 Å². The van der Waals surface area contributed by atoms with Crippen molar-refractivity contribution in [1.29, 1.82) is 0 Å². The lowest BCUT2D eigenvalue weighted by atomic mass is 10.2. The summed E-state index contributed by atoms with van der Waals surface area (Å²) in [5.41, 5.74) is -1.14. The quantitative estimate of drug-likeness (QED) is 0.646. The summed E-state index contributed by atoms with van der Waals surface area (Å²) in [6.07, 6.45) is -0.745. The number of hydrogen-bond acceptors (Lipinski definition) is 5. The number of H-pyrrole nitrogens is 1. The fourth-order valence-corrected chi connectivity index (χ4v) is 2.04. The van der Waals surface area contributed by atoms with E-state index in [1.165, 1.54) is 10.8 Å². The van der Waals surface area contributed by atoms with Gasteiger partial charge in [0, 0.05) is 12.6 Å². The van der Waals surface area contributed by atoms with Crippen molar-refractivity contribution in [3.8, 4) is 0 Å². The second-order valence-electron chi connectivity index (χ2n) is 3.76. The lowest BCUT2D eigenvalue weighted by Crippen LogP contribution is -2.32. The molecule has 0 aromatic carbocycles. The van der Waals surface area contributed by atoms with Gasteiger partial charge in [-0.15, -0.1) is 0 Å². The number of nitrogens with zero attached hydrogens (tertiary/aromatic N) is 1. The van der Waals surface area contributed by atoms with Gasteiger partial charge in [-0.05, 0) is 15.9 Å². The largest absolute Gasteiger partial charge is 0.394 e. The topological polar surface area (TPSA) is 105 Å². The van der Waals surface area contributed by atoms with Gasteiger partial charge in [0.1, 0.15) is 12.3 Å². The first-order valence-electron chi connectivity index (χ1n) is 4.98. The Morgan fingerprint density at radius 2 is 2.29 bits per heavy atom. The summed E-state index contributed by atoms with van der Waals surface area (Å²) in [6.45, 7) is -0.322. The van der Waals surface area contributed by atoms with Gasteiger partial charge in [0.05, 0.1) is 17.2 Å². The van der Waals surface area contributed by atoms with Crippen molar-refractivity contribution >= 4 is 15.9 Å². The molecular weight excluding hydrogens is 296 g/mol. The van der Waals surface area contributed by atoms with E-state index in [2.05, 4.69) is 20.9 Å². The molecule has 0 radical (unpaired) electrons. The summed E-state index contributed by atoms with van der Waals surface area (Å²) in [6, 6.07) is 0. The number of aliphatic hydroxyl groups excluding tert-OH is 2. The first-order chi connectivity index (χ1) is 8.02. The molecule has 8 heteroatoms. The average Bonchev–Trinajstić information content (AvgIpc) is 2.65. The van der Waals surface area contributed by atoms with Crippen LogP contribution in [0.4, 0.5) is 0 Å². The van der Waals surface area contributed by atoms with Gasteiger partial charge in [-0.25, -0.2) is 4.79 Å². The molecule has 0 unspecified atom stereocenters. The van der Waals surface area contributed by atoms with Crippen LogP contribution in [0.15, 0.2) is 20.3 Å². The molecule has 94 valence electrons. The molecular formula is C9H11BrN2O5. The van der Waals surface area contributed by atoms with Crippen LogP contribution in [0.5, 0.6) is 0 Å². The van der Waals surface area contributed by atoms with E-state index in [1.54, 1.807) is 0 Å². The Hall–Kier alpha value is -0.960. The summed E-state index contributed by atoms with van der Waals surface area (Å²) in [4.78, 5) is 24.8. The minimum atomic E-state index is -0.831. The Bertz CT molecular complexity index is 525. The van der Waals surface area contributed by atoms with E-state index in [1.807, 2.05) is 0 Å². The molecule has 3 N–H and O–H groups in total. The van der Waals surface area contributed by atoms with E-state index in [0.717, 1.165) is 0 Å². The van der Waals surface area contributed by atoms with Crippen LogP contribution in [-0.4, -0.2) is 38.6 Å². The molecule has 1 fully saturated rings. The van der Waals surface area contributed by atoms with Crippen LogP contribution in [0.3, 0.4) is 0 Å². The van der Waals surface area contributed by atoms with Gasteiger partial charge in [0.2, 0.25) is 0 Å². The number of aromatic amines is 1. The minimum absolute atomic E-state index is 0.184. The zero-order valence-electron chi connectivity index (χ0n) is 8.67. The van der Waals surface area contributed by atoms with Gasteiger partial charge in [-0.2, -0.15) is 0 Å². The minimum Gasteiger partial charge on any atom is -0.394 e. The molecule has 0 spiro atoms. The van der Waals surface area contributed by atoms with Crippen molar-refractivity contribution in [2.45, 2.75) is 24.9 Å². The van der Waals surface area contributed by atoms with Gasteiger partial charge >= 0.3 is 5.69 Å². The van der Waals surface area contributed by atoms with Crippen LogP contribution < -0.4 is 11.2 Å². The lowest BCUT2D eigenvalue weighted by molar-refractivity contribution is -0.0459. The number of halogens is 1. The van der Waals surface area contributed by atoms with Crippen molar-refractivity contribution < 1.29 is 14.9 Å². The van der Waals surface area contributed by atoms with Crippen LogP contribution in [0.25, 0.3) is 0 Å². The summed E-state index contributed by atoms with van der Waals surface area (Å²) < 4.78 is 6.67. The molecule has 1 aliphatic rings. The average molecular weight is 307 g/mol. The van der Waals surface area contributed by atoms with E-state index >= 15 is 0 Å². The third-order valence-corrected chi connectivity index (χ3v) is 3.18. The standard InChI is InChI=1S/C9H11BrN2O5/c10-4-2-12(9(16)11-8(4)15)7-1-5(14)6(3-13)17-7/h2,5-7,13-14H,1,3H2,(H,11,15,16)/t5-,6-,7-/m0/s1. The van der Waals surface area contributed by atoms with Crippen molar-refractivity contribution in [2.75, 3.05) is 6.61 Å². The molecule has 2 rings (SSSR count). The molecule has 17 heavy (non-hydrogen) atoms. The number of nitrogens with one attached hydrogen (secondary N) is 1. The zero-order chi connectivity index (χ0) is 12.6. The van der Waals surface area contributed by atoms with Crippen molar-refractivity contribution in [3.05, 3.63) is 31.5 Å². The molecule has 0 amide bonds. The van der Waals surface area contributed by atoms with E-state index < -0.39 is 29.7 Å². The second kappa shape index (κ2) is 4.73. The fraction of sp³-hybridized carbons (Fsp3) is 0.556. The Morgan fingerprint density at radius 3 is 2.88 bits per heavy atom. The lowest BCUT2D eigenvalue weighted by Gasteiger charge is -2.14. The summed E-state index contributed by atoms with van der Waals surface area (Å²) in [5.74, 6) is 0. The van der Waals surface area contributed by atoms with E-state index in [9.17, 15) is 14.7 Å². The molecule has 2 heterocycles. The zero-order valence-corrected chi connectivity index (χ0v) is 10.3. The number of rotatable bonds is 2. The number of hydrogen-bond donors (Lipinski definition) is 3. The van der Waals surface area contributed by atoms with Crippen LogP contribution in [0, 0.1) is 0 Å². The summed E-state index contributed by atoms with van der Waals surface area (Å²) in [5, 5.41) is 18.5. The maximum Gasteiger partial charge on any atom is 0.330 e. The van der Waals surface area contributed by atoms with Crippen molar-refractivity contribution in [2.24, 2.45) is 0 Å². The van der Waals surface area contributed by atoms with Crippen LogP contribution >= 0.6 is 15.9 Å².